The van der Waals surface area contributed by atoms with E-state index >= 15 is 0 Å². The van der Waals surface area contributed by atoms with Gasteiger partial charge >= 0.3 is 7.60 Å². The van der Waals surface area contributed by atoms with Gasteiger partial charge in [0.05, 0.1) is 0 Å². The van der Waals surface area contributed by atoms with Crippen LogP contribution in [0, 0.1) is 5.41 Å². The van der Waals surface area contributed by atoms with E-state index in [0.717, 1.165) is 13.1 Å². The highest BCUT2D eigenvalue weighted by atomic mass is 31.2. The summed E-state index contributed by atoms with van der Waals surface area (Å²) in [6.07, 6.45) is 0. The van der Waals surface area contributed by atoms with Crippen LogP contribution in [-0.4, -0.2) is 38.0 Å². The molecule has 98 valence electrons. The van der Waals surface area contributed by atoms with E-state index < -0.39 is 7.60 Å². The number of nitrogens with zero attached hydrogens (tertiary/aromatic N) is 1. The predicted octanol–water partition coefficient (Wildman–Crippen LogP) is 3.19. The van der Waals surface area contributed by atoms with Crippen LogP contribution in [0.3, 0.4) is 0 Å². The maximum Gasteiger partial charge on any atom is 0.347 e. The van der Waals surface area contributed by atoms with Crippen LogP contribution in [0.2, 0.25) is 0 Å². The largest absolute Gasteiger partial charge is 0.347 e. The molecule has 0 spiro atoms. The van der Waals surface area contributed by atoms with E-state index in [1.54, 1.807) is 0 Å². The lowest BCUT2D eigenvalue weighted by molar-refractivity contribution is 0.127. The standard InChI is InChI=1S/C11H26NO3P/c1-8-12(9-2)10(11(3,4)5)16(13,14-6)15-7/h10H,8-9H2,1-7H3. The molecule has 0 aliphatic carbocycles. The van der Waals surface area contributed by atoms with Gasteiger partial charge in [-0.1, -0.05) is 34.6 Å². The lowest BCUT2D eigenvalue weighted by Gasteiger charge is -2.41. The first-order valence-electron chi connectivity index (χ1n) is 5.72. The third-order valence-electron chi connectivity index (χ3n) is 2.74. The van der Waals surface area contributed by atoms with Crippen LogP contribution in [0.5, 0.6) is 0 Å². The number of rotatable bonds is 6. The van der Waals surface area contributed by atoms with E-state index in [-0.39, 0.29) is 11.2 Å². The minimum absolute atomic E-state index is 0.159. The molecule has 0 aromatic carbocycles. The van der Waals surface area contributed by atoms with E-state index in [2.05, 4.69) is 39.5 Å². The third-order valence-corrected chi connectivity index (χ3v) is 5.46. The Balaban J connectivity index is 5.32. The van der Waals surface area contributed by atoms with Crippen LogP contribution < -0.4 is 0 Å². The number of hydrogen-bond donors (Lipinski definition) is 0. The summed E-state index contributed by atoms with van der Waals surface area (Å²) in [5.41, 5.74) is -0.159. The van der Waals surface area contributed by atoms with Gasteiger partial charge in [-0.3, -0.25) is 9.46 Å². The Morgan fingerprint density at radius 2 is 1.50 bits per heavy atom. The maximum atomic E-state index is 12.6. The Hall–Kier alpha value is 0.110. The summed E-state index contributed by atoms with van der Waals surface area (Å²) in [6, 6.07) is 0. The smallest absolute Gasteiger partial charge is 0.311 e. The van der Waals surface area contributed by atoms with Crippen LogP contribution in [-0.2, 0) is 13.6 Å². The monoisotopic (exact) mass is 251 g/mol. The SMILES string of the molecule is CCN(CC)C(C(C)(C)C)P(=O)(OC)OC. The van der Waals surface area contributed by atoms with Gasteiger partial charge in [0.2, 0.25) is 0 Å². The minimum Gasteiger partial charge on any atom is -0.311 e. The van der Waals surface area contributed by atoms with Gasteiger partial charge in [0.15, 0.2) is 0 Å². The highest BCUT2D eigenvalue weighted by Gasteiger charge is 2.45. The van der Waals surface area contributed by atoms with Gasteiger partial charge in [-0.05, 0) is 18.5 Å². The Labute approximate surface area is 99.8 Å². The van der Waals surface area contributed by atoms with Crippen molar-refractivity contribution in [1.29, 1.82) is 0 Å². The van der Waals surface area contributed by atoms with Gasteiger partial charge in [0.1, 0.15) is 5.78 Å². The van der Waals surface area contributed by atoms with Crippen molar-refractivity contribution in [2.75, 3.05) is 27.3 Å². The first-order chi connectivity index (χ1) is 7.26. The molecular weight excluding hydrogens is 225 g/mol. The van der Waals surface area contributed by atoms with Gasteiger partial charge < -0.3 is 9.05 Å². The molecule has 5 heteroatoms. The third kappa shape index (κ3) is 3.56. The highest BCUT2D eigenvalue weighted by Crippen LogP contribution is 2.58. The molecule has 0 radical (unpaired) electrons. The molecule has 1 unspecified atom stereocenters. The topological polar surface area (TPSA) is 38.8 Å². The molecule has 0 aromatic heterocycles. The molecule has 0 amide bonds. The summed E-state index contributed by atoms with van der Waals surface area (Å²) >= 11 is 0. The van der Waals surface area contributed by atoms with Crippen molar-refractivity contribution in [2.45, 2.75) is 40.4 Å². The van der Waals surface area contributed by atoms with E-state index in [0.29, 0.717) is 0 Å². The van der Waals surface area contributed by atoms with Crippen molar-refractivity contribution in [3.8, 4) is 0 Å². The summed E-state index contributed by atoms with van der Waals surface area (Å²) < 4.78 is 22.9. The Morgan fingerprint density at radius 3 is 1.69 bits per heavy atom. The van der Waals surface area contributed by atoms with Crippen molar-refractivity contribution >= 4 is 7.60 Å². The molecule has 0 aromatic rings. The zero-order valence-corrected chi connectivity index (χ0v) is 12.5. The second kappa shape index (κ2) is 6.15. The van der Waals surface area contributed by atoms with Crippen molar-refractivity contribution < 1.29 is 13.6 Å². The Kier molecular flexibility index (Phi) is 6.20. The molecule has 0 bridgehead atoms. The zero-order chi connectivity index (χ0) is 13.0. The molecule has 0 N–H and O–H groups in total. The second-order valence-corrected chi connectivity index (χ2v) is 7.16. The molecular formula is C11H26NO3P. The fourth-order valence-corrected chi connectivity index (χ4v) is 4.29. The zero-order valence-electron chi connectivity index (χ0n) is 11.6. The molecule has 0 heterocycles. The normalized spacial score (nSPS) is 15.5. The molecule has 4 nitrogen and oxygen atoms in total. The summed E-state index contributed by atoms with van der Waals surface area (Å²) in [6.45, 7) is 11.9. The summed E-state index contributed by atoms with van der Waals surface area (Å²) in [5, 5.41) is 0. The average molecular weight is 251 g/mol. The highest BCUT2D eigenvalue weighted by molar-refractivity contribution is 7.54. The molecule has 0 saturated heterocycles. The lowest BCUT2D eigenvalue weighted by atomic mass is 9.95. The first-order valence-corrected chi connectivity index (χ1v) is 7.33. The van der Waals surface area contributed by atoms with Gasteiger partial charge in [0, 0.05) is 14.2 Å². The molecule has 0 fully saturated rings. The predicted molar refractivity (Wildman–Crippen MR) is 67.8 cm³/mol. The fourth-order valence-electron chi connectivity index (χ4n) is 2.07. The van der Waals surface area contributed by atoms with Crippen LogP contribution in [0.4, 0.5) is 0 Å². The minimum atomic E-state index is -3.08. The quantitative estimate of drug-likeness (QED) is 0.680. The van der Waals surface area contributed by atoms with E-state index in [1.807, 2.05) is 0 Å². The summed E-state index contributed by atoms with van der Waals surface area (Å²) in [5.74, 6) is -0.218. The fraction of sp³-hybridized carbons (Fsp3) is 1.00. The first kappa shape index (κ1) is 16.1. The Bertz CT molecular complexity index is 238. The van der Waals surface area contributed by atoms with Crippen molar-refractivity contribution in [1.82, 2.24) is 4.90 Å². The van der Waals surface area contributed by atoms with Gasteiger partial charge in [0.25, 0.3) is 0 Å². The van der Waals surface area contributed by atoms with E-state index in [1.165, 1.54) is 14.2 Å². The summed E-state index contributed by atoms with van der Waals surface area (Å²) in [4.78, 5) is 2.13. The van der Waals surface area contributed by atoms with Crippen molar-refractivity contribution in [2.24, 2.45) is 5.41 Å². The Morgan fingerprint density at radius 1 is 1.12 bits per heavy atom. The average Bonchev–Trinajstić information content (AvgIpc) is 2.23. The second-order valence-electron chi connectivity index (χ2n) is 4.87. The van der Waals surface area contributed by atoms with Crippen LogP contribution >= 0.6 is 7.60 Å². The molecule has 16 heavy (non-hydrogen) atoms. The van der Waals surface area contributed by atoms with Gasteiger partial charge in [-0.25, -0.2) is 0 Å². The van der Waals surface area contributed by atoms with E-state index in [4.69, 9.17) is 9.05 Å². The molecule has 0 aliphatic rings. The number of hydrogen-bond acceptors (Lipinski definition) is 4. The summed E-state index contributed by atoms with van der Waals surface area (Å²) in [7, 11) is -0.174. The van der Waals surface area contributed by atoms with Gasteiger partial charge in [-0.15, -0.1) is 0 Å². The molecule has 1 atom stereocenters. The van der Waals surface area contributed by atoms with Crippen LogP contribution in [0.25, 0.3) is 0 Å². The van der Waals surface area contributed by atoms with E-state index in [9.17, 15) is 4.57 Å². The molecule has 0 aliphatic heterocycles. The lowest BCUT2D eigenvalue weighted by Crippen LogP contribution is -2.44. The van der Waals surface area contributed by atoms with Crippen LogP contribution in [0.1, 0.15) is 34.6 Å². The van der Waals surface area contributed by atoms with Crippen molar-refractivity contribution in [3.63, 3.8) is 0 Å². The maximum absolute atomic E-state index is 12.6. The molecule has 0 saturated carbocycles. The van der Waals surface area contributed by atoms with Crippen molar-refractivity contribution in [3.05, 3.63) is 0 Å². The molecule has 0 rings (SSSR count). The van der Waals surface area contributed by atoms with Gasteiger partial charge in [-0.2, -0.15) is 0 Å². The van der Waals surface area contributed by atoms with Crippen LogP contribution in [0.15, 0.2) is 0 Å².